The minimum atomic E-state index is 0.970. The van der Waals surface area contributed by atoms with E-state index in [1.54, 1.807) is 11.2 Å². The van der Waals surface area contributed by atoms with E-state index in [0.717, 1.165) is 6.42 Å². The molecule has 46 valence electrons. The maximum Gasteiger partial charge on any atom is 0.0296 e. The van der Waals surface area contributed by atoms with Gasteiger partial charge in [-0.05, 0) is 6.42 Å². The van der Waals surface area contributed by atoms with Gasteiger partial charge in [-0.3, -0.25) is 5.01 Å². The lowest BCUT2D eigenvalue weighted by Gasteiger charge is -2.01. The Hall–Kier alpha value is -0.790. The van der Waals surface area contributed by atoms with Crippen molar-refractivity contribution in [3.8, 4) is 0 Å². The zero-order valence-corrected chi connectivity index (χ0v) is 5.46. The predicted molar refractivity (Wildman–Crippen MR) is 36.7 cm³/mol. The van der Waals surface area contributed by atoms with Gasteiger partial charge in [0.05, 0.1) is 0 Å². The zero-order valence-electron chi connectivity index (χ0n) is 5.46. The molecule has 0 bridgehead atoms. The summed E-state index contributed by atoms with van der Waals surface area (Å²) in [5, 5.41) is 5.62. The quantitative estimate of drug-likeness (QED) is 0.398. The van der Waals surface area contributed by atoms with Gasteiger partial charge in [0, 0.05) is 19.5 Å². The van der Waals surface area contributed by atoms with E-state index in [0.29, 0.717) is 0 Å². The summed E-state index contributed by atoms with van der Waals surface area (Å²) in [4.78, 5) is 0. The van der Waals surface area contributed by atoms with E-state index in [9.17, 15) is 0 Å². The van der Waals surface area contributed by atoms with Crippen LogP contribution in [-0.4, -0.2) is 18.3 Å². The lowest BCUT2D eigenvalue weighted by Crippen LogP contribution is -1.99. The molecule has 2 heteroatoms. The second-order valence-corrected chi connectivity index (χ2v) is 1.46. The molecular weight excluding hydrogens is 100 g/mol. The van der Waals surface area contributed by atoms with Crippen LogP contribution in [0, 0.1) is 0 Å². The van der Waals surface area contributed by atoms with Gasteiger partial charge in [0.15, 0.2) is 0 Å². The molecule has 0 N–H and O–H groups in total. The third-order valence-electron chi connectivity index (χ3n) is 0.711. The molecule has 0 radical (unpaired) electrons. The van der Waals surface area contributed by atoms with Gasteiger partial charge in [0.25, 0.3) is 0 Å². The van der Waals surface area contributed by atoms with Gasteiger partial charge >= 0.3 is 0 Å². The van der Waals surface area contributed by atoms with Gasteiger partial charge in [-0.2, -0.15) is 5.10 Å². The molecule has 0 amide bonds. The highest BCUT2D eigenvalue weighted by atomic mass is 15.4. The Bertz CT molecular complexity index is 86.5. The van der Waals surface area contributed by atoms with E-state index < -0.39 is 0 Å². The zero-order chi connectivity index (χ0) is 6.41. The standard InChI is InChI=1S/C6H12N2/c1-4-6-7-8(3)5-2/h5-6H,2,4H2,1,3H3. The van der Waals surface area contributed by atoms with Crippen LogP contribution in [0.1, 0.15) is 13.3 Å². The number of hydrogen-bond acceptors (Lipinski definition) is 2. The van der Waals surface area contributed by atoms with E-state index >= 15 is 0 Å². The fourth-order valence-corrected chi connectivity index (χ4v) is 0.258. The third-order valence-corrected chi connectivity index (χ3v) is 0.711. The molecule has 0 saturated heterocycles. The lowest BCUT2D eigenvalue weighted by molar-refractivity contribution is 0.493. The Morgan fingerprint density at radius 3 is 2.75 bits per heavy atom. The fraction of sp³-hybridized carbons (Fsp3) is 0.500. The van der Waals surface area contributed by atoms with Gasteiger partial charge in [0.2, 0.25) is 0 Å². The summed E-state index contributed by atoms with van der Waals surface area (Å²) in [6.07, 6.45) is 4.46. The van der Waals surface area contributed by atoms with Crippen LogP contribution in [0.5, 0.6) is 0 Å². The van der Waals surface area contributed by atoms with Gasteiger partial charge in [-0.15, -0.1) is 0 Å². The fourth-order valence-electron chi connectivity index (χ4n) is 0.258. The summed E-state index contributed by atoms with van der Waals surface area (Å²) in [6.45, 7) is 5.57. The van der Waals surface area contributed by atoms with Crippen molar-refractivity contribution in [2.75, 3.05) is 7.05 Å². The minimum absolute atomic E-state index is 0.970. The molecule has 0 aromatic heterocycles. The molecule has 0 aliphatic heterocycles. The number of hydrazone groups is 1. The molecule has 0 unspecified atom stereocenters. The minimum Gasteiger partial charge on any atom is -0.277 e. The Kier molecular flexibility index (Phi) is 3.94. The van der Waals surface area contributed by atoms with Crippen molar-refractivity contribution in [3.63, 3.8) is 0 Å². The molecule has 8 heavy (non-hydrogen) atoms. The van der Waals surface area contributed by atoms with Gasteiger partial charge in [0.1, 0.15) is 0 Å². The largest absolute Gasteiger partial charge is 0.277 e. The average Bonchev–Trinajstić information content (AvgIpc) is 1.83. The molecule has 0 spiro atoms. The third kappa shape index (κ3) is 3.40. The van der Waals surface area contributed by atoms with Crippen LogP contribution in [0.2, 0.25) is 0 Å². The Labute approximate surface area is 50.5 Å². The summed E-state index contributed by atoms with van der Waals surface area (Å²) < 4.78 is 0. The molecule has 2 nitrogen and oxygen atoms in total. The van der Waals surface area contributed by atoms with Crippen molar-refractivity contribution in [2.24, 2.45) is 5.10 Å². The van der Waals surface area contributed by atoms with Crippen molar-refractivity contribution in [1.82, 2.24) is 5.01 Å². The first-order chi connectivity index (χ1) is 3.81. The number of rotatable bonds is 3. The highest BCUT2D eigenvalue weighted by Crippen LogP contribution is 1.80. The monoisotopic (exact) mass is 112 g/mol. The maximum absolute atomic E-state index is 3.95. The van der Waals surface area contributed by atoms with E-state index in [-0.39, 0.29) is 0 Å². The van der Waals surface area contributed by atoms with Crippen LogP contribution in [0.3, 0.4) is 0 Å². The van der Waals surface area contributed by atoms with Crippen LogP contribution in [0.4, 0.5) is 0 Å². The van der Waals surface area contributed by atoms with E-state index in [1.165, 1.54) is 0 Å². The summed E-state index contributed by atoms with van der Waals surface area (Å²) in [7, 11) is 1.85. The van der Waals surface area contributed by atoms with Crippen molar-refractivity contribution in [1.29, 1.82) is 0 Å². The molecular formula is C6H12N2. The summed E-state index contributed by atoms with van der Waals surface area (Å²) in [5.74, 6) is 0. The molecule has 0 aliphatic rings. The Morgan fingerprint density at radius 1 is 1.75 bits per heavy atom. The van der Waals surface area contributed by atoms with Crippen LogP contribution in [0.25, 0.3) is 0 Å². The van der Waals surface area contributed by atoms with E-state index in [4.69, 9.17) is 0 Å². The maximum atomic E-state index is 3.95. The topological polar surface area (TPSA) is 15.6 Å². The molecule has 0 heterocycles. The molecule has 0 aromatic carbocycles. The SMILES string of the molecule is C=CN(C)N=CCC. The van der Waals surface area contributed by atoms with Crippen LogP contribution in [0.15, 0.2) is 17.9 Å². The normalized spacial score (nSPS) is 9.75. The molecule has 0 rings (SSSR count). The van der Waals surface area contributed by atoms with Gasteiger partial charge in [-0.25, -0.2) is 0 Å². The van der Waals surface area contributed by atoms with E-state index in [2.05, 4.69) is 11.7 Å². The first-order valence-electron chi connectivity index (χ1n) is 2.69. The Balaban J connectivity index is 3.35. The highest BCUT2D eigenvalue weighted by Gasteiger charge is 1.74. The Morgan fingerprint density at radius 2 is 2.38 bits per heavy atom. The molecule has 0 atom stereocenters. The summed E-state index contributed by atoms with van der Waals surface area (Å²) >= 11 is 0. The van der Waals surface area contributed by atoms with Gasteiger partial charge in [-0.1, -0.05) is 13.5 Å². The first kappa shape index (κ1) is 7.21. The lowest BCUT2D eigenvalue weighted by atomic mass is 10.6. The molecule has 0 aromatic rings. The van der Waals surface area contributed by atoms with Crippen LogP contribution in [-0.2, 0) is 0 Å². The second kappa shape index (κ2) is 4.37. The highest BCUT2D eigenvalue weighted by molar-refractivity contribution is 5.56. The summed E-state index contributed by atoms with van der Waals surface area (Å²) in [5.41, 5.74) is 0. The molecule has 0 saturated carbocycles. The first-order valence-corrected chi connectivity index (χ1v) is 2.69. The van der Waals surface area contributed by atoms with Crippen molar-refractivity contribution < 1.29 is 0 Å². The second-order valence-electron chi connectivity index (χ2n) is 1.46. The predicted octanol–water partition coefficient (Wildman–Crippen LogP) is 1.46. The van der Waals surface area contributed by atoms with Crippen molar-refractivity contribution >= 4 is 6.21 Å². The van der Waals surface area contributed by atoms with Crippen LogP contribution >= 0.6 is 0 Å². The van der Waals surface area contributed by atoms with Crippen molar-refractivity contribution in [2.45, 2.75) is 13.3 Å². The van der Waals surface area contributed by atoms with Crippen molar-refractivity contribution in [3.05, 3.63) is 12.8 Å². The average molecular weight is 112 g/mol. The number of nitrogens with zero attached hydrogens (tertiary/aromatic N) is 2. The molecule has 0 fully saturated rings. The van der Waals surface area contributed by atoms with Gasteiger partial charge < -0.3 is 0 Å². The smallest absolute Gasteiger partial charge is 0.0296 e. The summed E-state index contributed by atoms with van der Waals surface area (Å²) in [6, 6.07) is 0. The number of hydrogen-bond donors (Lipinski definition) is 0. The van der Waals surface area contributed by atoms with E-state index in [1.807, 2.05) is 20.2 Å². The molecule has 0 aliphatic carbocycles. The van der Waals surface area contributed by atoms with Crippen LogP contribution < -0.4 is 0 Å².